The number of esters is 1. The number of carbonyl (C=O) groups is 2. The summed E-state index contributed by atoms with van der Waals surface area (Å²) in [6.07, 6.45) is 1.72. The molecule has 0 saturated heterocycles. The highest BCUT2D eigenvalue weighted by atomic mass is 32.1. The Hall–Kier alpha value is -2.93. The number of ether oxygens (including phenoxy) is 1. The minimum absolute atomic E-state index is 0.113. The van der Waals surface area contributed by atoms with Crippen LogP contribution in [-0.2, 0) is 9.53 Å². The van der Waals surface area contributed by atoms with E-state index in [4.69, 9.17) is 4.74 Å². The second-order valence-corrected chi connectivity index (χ2v) is 6.79. The molecule has 0 fully saturated rings. The molecule has 0 saturated carbocycles. The lowest BCUT2D eigenvalue weighted by molar-refractivity contribution is -0.124. The Bertz CT molecular complexity index is 885. The molecule has 0 aliphatic rings. The van der Waals surface area contributed by atoms with Crippen LogP contribution in [0.4, 0.5) is 0 Å². The highest BCUT2D eigenvalue weighted by molar-refractivity contribution is 7.10. The van der Waals surface area contributed by atoms with E-state index in [1.165, 1.54) is 0 Å². The fourth-order valence-electron chi connectivity index (χ4n) is 2.48. The smallest absolute Gasteiger partial charge is 0.338 e. The maximum atomic E-state index is 12.1. The first-order valence-corrected chi connectivity index (χ1v) is 9.03. The van der Waals surface area contributed by atoms with Crippen molar-refractivity contribution in [2.45, 2.75) is 19.9 Å². The summed E-state index contributed by atoms with van der Waals surface area (Å²) in [5.41, 5.74) is 2.24. The fraction of sp³-hybridized carbons (Fsp3) is 0.211. The van der Waals surface area contributed by atoms with Gasteiger partial charge in [-0.15, -0.1) is 11.3 Å². The Morgan fingerprint density at radius 3 is 2.62 bits per heavy atom. The first-order chi connectivity index (χ1) is 12.5. The highest BCUT2D eigenvalue weighted by Crippen LogP contribution is 2.18. The van der Waals surface area contributed by atoms with E-state index < -0.39 is 5.97 Å². The Kier molecular flexibility index (Phi) is 5.48. The SMILES string of the molecule is Cc1ccnn1-c1ccc(C(=O)OCC(=O)N[C@H](C)c2cccs2)cc1. The molecule has 1 atom stereocenters. The van der Waals surface area contributed by atoms with Crippen molar-refractivity contribution in [2.75, 3.05) is 6.61 Å². The van der Waals surface area contributed by atoms with Gasteiger partial charge in [-0.05, 0) is 55.6 Å². The summed E-state index contributed by atoms with van der Waals surface area (Å²) in [6, 6.07) is 12.6. The standard InChI is InChI=1S/C19H19N3O3S/c1-13-9-10-20-22(13)16-7-5-15(6-8-16)19(24)25-12-18(23)21-14(2)17-4-3-11-26-17/h3-11,14H,12H2,1-2H3,(H,21,23)/t14-/m1/s1. The molecule has 0 unspecified atom stereocenters. The monoisotopic (exact) mass is 369 g/mol. The van der Waals surface area contributed by atoms with Gasteiger partial charge in [0.15, 0.2) is 6.61 Å². The van der Waals surface area contributed by atoms with E-state index in [-0.39, 0.29) is 18.6 Å². The average Bonchev–Trinajstić information content (AvgIpc) is 3.31. The predicted octanol–water partition coefficient (Wildman–Crippen LogP) is 3.28. The number of aromatic nitrogens is 2. The number of hydrogen-bond acceptors (Lipinski definition) is 5. The van der Waals surface area contributed by atoms with Gasteiger partial charge in [0.05, 0.1) is 17.3 Å². The van der Waals surface area contributed by atoms with Crippen molar-refractivity contribution < 1.29 is 14.3 Å². The molecule has 1 N–H and O–H groups in total. The lowest BCUT2D eigenvalue weighted by atomic mass is 10.2. The van der Waals surface area contributed by atoms with Crippen LogP contribution in [-0.4, -0.2) is 28.3 Å². The van der Waals surface area contributed by atoms with Crippen LogP contribution >= 0.6 is 11.3 Å². The summed E-state index contributed by atoms with van der Waals surface area (Å²) in [6.45, 7) is 3.53. The number of amides is 1. The summed E-state index contributed by atoms with van der Waals surface area (Å²) in [4.78, 5) is 25.1. The molecule has 26 heavy (non-hydrogen) atoms. The highest BCUT2D eigenvalue weighted by Gasteiger charge is 2.14. The third kappa shape index (κ3) is 4.18. The molecule has 3 aromatic rings. The van der Waals surface area contributed by atoms with Gasteiger partial charge in [-0.1, -0.05) is 6.07 Å². The van der Waals surface area contributed by atoms with E-state index in [0.29, 0.717) is 5.56 Å². The molecule has 134 valence electrons. The molecule has 6 nitrogen and oxygen atoms in total. The van der Waals surface area contributed by atoms with Gasteiger partial charge in [-0.2, -0.15) is 5.10 Å². The average molecular weight is 369 g/mol. The van der Waals surface area contributed by atoms with Crippen molar-refractivity contribution in [3.8, 4) is 5.69 Å². The zero-order valence-corrected chi connectivity index (χ0v) is 15.3. The van der Waals surface area contributed by atoms with Gasteiger partial charge in [0.25, 0.3) is 5.91 Å². The number of nitrogens with zero attached hydrogens (tertiary/aromatic N) is 2. The van der Waals surface area contributed by atoms with Crippen LogP contribution in [0, 0.1) is 6.92 Å². The van der Waals surface area contributed by atoms with Crippen molar-refractivity contribution >= 4 is 23.2 Å². The molecule has 0 spiro atoms. The Morgan fingerprint density at radius 2 is 2.00 bits per heavy atom. The van der Waals surface area contributed by atoms with E-state index in [2.05, 4.69) is 10.4 Å². The van der Waals surface area contributed by atoms with Crippen LogP contribution in [0.15, 0.2) is 54.0 Å². The molecular formula is C19H19N3O3S. The third-order valence-electron chi connectivity index (χ3n) is 3.86. The summed E-state index contributed by atoms with van der Waals surface area (Å²) < 4.78 is 6.86. The fourth-order valence-corrected chi connectivity index (χ4v) is 3.22. The van der Waals surface area contributed by atoms with E-state index in [9.17, 15) is 9.59 Å². The Morgan fingerprint density at radius 1 is 1.23 bits per heavy atom. The summed E-state index contributed by atoms with van der Waals surface area (Å²) >= 11 is 1.57. The number of rotatable bonds is 6. The first-order valence-electron chi connectivity index (χ1n) is 8.15. The van der Waals surface area contributed by atoms with Crippen LogP contribution in [0.2, 0.25) is 0 Å². The van der Waals surface area contributed by atoms with Crippen molar-refractivity contribution in [2.24, 2.45) is 0 Å². The molecule has 7 heteroatoms. The quantitative estimate of drug-likeness (QED) is 0.677. The molecule has 0 aliphatic heterocycles. The number of aryl methyl sites for hydroxylation is 1. The topological polar surface area (TPSA) is 73.2 Å². The Balaban J connectivity index is 1.53. The molecule has 2 aromatic heterocycles. The molecule has 3 rings (SSSR count). The van der Waals surface area contributed by atoms with E-state index >= 15 is 0 Å². The number of carbonyl (C=O) groups excluding carboxylic acids is 2. The molecule has 0 radical (unpaired) electrons. The zero-order valence-electron chi connectivity index (χ0n) is 14.5. The largest absolute Gasteiger partial charge is 0.452 e. The molecule has 1 aromatic carbocycles. The second kappa shape index (κ2) is 7.97. The maximum absolute atomic E-state index is 12.1. The minimum atomic E-state index is -0.535. The van der Waals surface area contributed by atoms with Gasteiger partial charge in [0.1, 0.15) is 0 Å². The number of hydrogen-bond donors (Lipinski definition) is 1. The number of nitrogens with one attached hydrogen (secondary N) is 1. The molecular weight excluding hydrogens is 350 g/mol. The normalized spacial score (nSPS) is 11.8. The van der Waals surface area contributed by atoms with Crippen LogP contribution in [0.3, 0.4) is 0 Å². The van der Waals surface area contributed by atoms with Crippen molar-refractivity contribution in [1.29, 1.82) is 0 Å². The Labute approximate surface area is 155 Å². The molecule has 0 bridgehead atoms. The van der Waals surface area contributed by atoms with Crippen LogP contribution < -0.4 is 5.32 Å². The maximum Gasteiger partial charge on any atom is 0.338 e. The second-order valence-electron chi connectivity index (χ2n) is 5.81. The van der Waals surface area contributed by atoms with Crippen molar-refractivity contribution in [3.63, 3.8) is 0 Å². The number of benzene rings is 1. The van der Waals surface area contributed by atoms with Crippen LogP contribution in [0.5, 0.6) is 0 Å². The van der Waals surface area contributed by atoms with Gasteiger partial charge >= 0.3 is 5.97 Å². The van der Waals surface area contributed by atoms with Crippen molar-refractivity contribution in [1.82, 2.24) is 15.1 Å². The van der Waals surface area contributed by atoms with E-state index in [1.807, 2.05) is 37.4 Å². The van der Waals surface area contributed by atoms with Gasteiger partial charge in [-0.25, -0.2) is 9.48 Å². The number of thiophene rings is 1. The van der Waals surface area contributed by atoms with Gasteiger partial charge in [0, 0.05) is 16.8 Å². The minimum Gasteiger partial charge on any atom is -0.452 e. The lowest BCUT2D eigenvalue weighted by Gasteiger charge is -2.12. The zero-order chi connectivity index (χ0) is 18.5. The van der Waals surface area contributed by atoms with E-state index in [0.717, 1.165) is 16.3 Å². The molecule has 2 heterocycles. The molecule has 1 amide bonds. The summed E-state index contributed by atoms with van der Waals surface area (Å²) in [7, 11) is 0. The van der Waals surface area contributed by atoms with Crippen LogP contribution in [0.1, 0.15) is 33.9 Å². The van der Waals surface area contributed by atoms with Gasteiger partial charge in [0.2, 0.25) is 0 Å². The van der Waals surface area contributed by atoms with E-state index in [1.54, 1.807) is 46.5 Å². The first kappa shape index (κ1) is 17.9. The summed E-state index contributed by atoms with van der Waals surface area (Å²) in [5, 5.41) is 8.97. The predicted molar refractivity (Wildman–Crippen MR) is 99.5 cm³/mol. The van der Waals surface area contributed by atoms with Crippen molar-refractivity contribution in [3.05, 3.63) is 70.2 Å². The van der Waals surface area contributed by atoms with Gasteiger partial charge < -0.3 is 10.1 Å². The lowest BCUT2D eigenvalue weighted by Crippen LogP contribution is -2.30. The summed E-state index contributed by atoms with van der Waals surface area (Å²) in [5.74, 6) is -0.865. The third-order valence-corrected chi connectivity index (χ3v) is 4.92. The molecule has 0 aliphatic carbocycles. The van der Waals surface area contributed by atoms with Gasteiger partial charge in [-0.3, -0.25) is 4.79 Å². The van der Waals surface area contributed by atoms with Crippen LogP contribution in [0.25, 0.3) is 5.69 Å².